The Hall–Kier alpha value is -1.88. The molecule has 1 saturated heterocycles. The summed E-state index contributed by atoms with van der Waals surface area (Å²) >= 11 is 0. The third-order valence-corrected chi connectivity index (χ3v) is 4.23. The Kier molecular flexibility index (Phi) is 3.92. The third kappa shape index (κ3) is 2.93. The van der Waals surface area contributed by atoms with E-state index < -0.39 is 0 Å². The highest BCUT2D eigenvalue weighted by molar-refractivity contribution is 5.98. The summed E-state index contributed by atoms with van der Waals surface area (Å²) in [5.41, 5.74) is 1.26. The molecule has 1 aromatic carbocycles. The van der Waals surface area contributed by atoms with E-state index in [9.17, 15) is 9.18 Å². The van der Waals surface area contributed by atoms with Crippen molar-refractivity contribution in [2.45, 2.75) is 25.8 Å². The minimum absolute atomic E-state index is 0.130. The fraction of sp³-hybridized carbons (Fsp3) is 0.438. The second kappa shape index (κ2) is 5.85. The van der Waals surface area contributed by atoms with Crippen molar-refractivity contribution < 1.29 is 9.18 Å². The Morgan fingerprint density at radius 2 is 2.33 bits per heavy atom. The van der Waals surface area contributed by atoms with Crippen LogP contribution in [0, 0.1) is 5.82 Å². The topological polar surface area (TPSA) is 48.1 Å². The van der Waals surface area contributed by atoms with Gasteiger partial charge in [0.05, 0.1) is 0 Å². The number of hydrogen-bond donors (Lipinski definition) is 2. The maximum atomic E-state index is 13.2. The number of aromatic amines is 1. The van der Waals surface area contributed by atoms with E-state index in [4.69, 9.17) is 0 Å². The van der Waals surface area contributed by atoms with Crippen LogP contribution in [0.1, 0.15) is 30.3 Å². The SMILES string of the molecule is CCN1CCC[C@H]1CNC(=O)c1cc2cc(F)ccc2[nH]1. The van der Waals surface area contributed by atoms with Crippen LogP contribution < -0.4 is 5.32 Å². The standard InChI is InChI=1S/C16H20FN3O/c1-2-20-7-3-4-13(20)10-18-16(21)15-9-11-8-12(17)5-6-14(11)19-15/h5-6,8-9,13,19H,2-4,7,10H2,1H3,(H,18,21)/t13-/m0/s1. The van der Waals surface area contributed by atoms with Crippen molar-refractivity contribution in [3.8, 4) is 0 Å². The molecule has 2 N–H and O–H groups in total. The number of nitrogens with one attached hydrogen (secondary N) is 2. The zero-order valence-electron chi connectivity index (χ0n) is 12.2. The van der Waals surface area contributed by atoms with E-state index in [2.05, 4.69) is 22.1 Å². The molecule has 3 rings (SSSR count). The number of aromatic nitrogens is 1. The average molecular weight is 289 g/mol. The lowest BCUT2D eigenvalue weighted by molar-refractivity contribution is 0.0937. The van der Waals surface area contributed by atoms with Crippen LogP contribution in [0.5, 0.6) is 0 Å². The number of fused-ring (bicyclic) bond motifs is 1. The molecule has 2 heterocycles. The molecule has 1 amide bonds. The molecule has 1 aliphatic rings. The molecule has 1 fully saturated rings. The summed E-state index contributed by atoms with van der Waals surface area (Å²) in [6.07, 6.45) is 2.33. The summed E-state index contributed by atoms with van der Waals surface area (Å²) in [6, 6.07) is 6.59. The normalized spacial score (nSPS) is 19.2. The zero-order valence-corrected chi connectivity index (χ0v) is 12.2. The van der Waals surface area contributed by atoms with Crippen molar-refractivity contribution >= 4 is 16.8 Å². The number of likely N-dealkylation sites (tertiary alicyclic amines) is 1. The van der Waals surface area contributed by atoms with Gasteiger partial charge in [0.1, 0.15) is 11.5 Å². The number of carbonyl (C=O) groups excluding carboxylic acids is 1. The number of benzene rings is 1. The first-order valence-corrected chi connectivity index (χ1v) is 7.48. The first-order valence-electron chi connectivity index (χ1n) is 7.48. The van der Waals surface area contributed by atoms with Gasteiger partial charge in [0, 0.05) is 23.5 Å². The van der Waals surface area contributed by atoms with Crippen LogP contribution in [0.25, 0.3) is 10.9 Å². The van der Waals surface area contributed by atoms with Crippen LogP contribution in [0.4, 0.5) is 4.39 Å². The lowest BCUT2D eigenvalue weighted by Crippen LogP contribution is -2.40. The van der Waals surface area contributed by atoms with E-state index in [1.807, 2.05) is 0 Å². The van der Waals surface area contributed by atoms with E-state index in [0.29, 0.717) is 18.3 Å². The molecule has 0 aliphatic carbocycles. The summed E-state index contributed by atoms with van der Waals surface area (Å²) in [6.45, 7) is 4.94. The summed E-state index contributed by atoms with van der Waals surface area (Å²) in [5.74, 6) is -0.424. The molecule has 1 aromatic heterocycles. The van der Waals surface area contributed by atoms with Crippen LogP contribution in [-0.4, -0.2) is 41.5 Å². The van der Waals surface area contributed by atoms with Gasteiger partial charge in [-0.1, -0.05) is 6.92 Å². The lowest BCUT2D eigenvalue weighted by Gasteiger charge is -2.22. The fourth-order valence-electron chi connectivity index (χ4n) is 3.07. The maximum Gasteiger partial charge on any atom is 0.267 e. The van der Waals surface area contributed by atoms with Crippen LogP contribution >= 0.6 is 0 Å². The Labute approximate surface area is 123 Å². The van der Waals surface area contributed by atoms with Crippen LogP contribution in [0.3, 0.4) is 0 Å². The molecule has 0 bridgehead atoms. The predicted molar refractivity (Wildman–Crippen MR) is 80.9 cm³/mol. The van der Waals surface area contributed by atoms with E-state index in [-0.39, 0.29) is 11.7 Å². The maximum absolute atomic E-state index is 13.2. The van der Waals surface area contributed by atoms with Gasteiger partial charge >= 0.3 is 0 Å². The number of likely N-dealkylation sites (N-methyl/N-ethyl adjacent to an activating group) is 1. The smallest absolute Gasteiger partial charge is 0.267 e. The number of rotatable bonds is 4. The van der Waals surface area contributed by atoms with E-state index in [1.165, 1.54) is 18.6 Å². The minimum atomic E-state index is -0.294. The van der Waals surface area contributed by atoms with Crippen molar-refractivity contribution in [2.75, 3.05) is 19.6 Å². The van der Waals surface area contributed by atoms with Crippen LogP contribution in [-0.2, 0) is 0 Å². The molecule has 2 aromatic rings. The highest BCUT2D eigenvalue weighted by Crippen LogP contribution is 2.18. The first-order chi connectivity index (χ1) is 10.2. The van der Waals surface area contributed by atoms with Gasteiger partial charge in [-0.3, -0.25) is 9.69 Å². The highest BCUT2D eigenvalue weighted by atomic mass is 19.1. The molecule has 0 unspecified atom stereocenters. The second-order valence-corrected chi connectivity index (χ2v) is 5.55. The number of carbonyl (C=O) groups is 1. The molecule has 0 saturated carbocycles. The highest BCUT2D eigenvalue weighted by Gasteiger charge is 2.23. The predicted octanol–water partition coefficient (Wildman–Crippen LogP) is 2.52. The van der Waals surface area contributed by atoms with Gasteiger partial charge in [-0.25, -0.2) is 4.39 Å². The van der Waals surface area contributed by atoms with Crippen LogP contribution in [0.2, 0.25) is 0 Å². The fourth-order valence-corrected chi connectivity index (χ4v) is 3.07. The van der Waals surface area contributed by atoms with E-state index >= 15 is 0 Å². The zero-order chi connectivity index (χ0) is 14.8. The number of nitrogens with zero attached hydrogens (tertiary/aromatic N) is 1. The monoisotopic (exact) mass is 289 g/mol. The Morgan fingerprint density at radius 1 is 1.48 bits per heavy atom. The van der Waals surface area contributed by atoms with Crippen molar-refractivity contribution in [2.24, 2.45) is 0 Å². The molecule has 4 nitrogen and oxygen atoms in total. The Bertz CT molecular complexity index is 652. The number of halogens is 1. The molecule has 0 spiro atoms. The van der Waals surface area contributed by atoms with Crippen LogP contribution in [0.15, 0.2) is 24.3 Å². The molecular formula is C16H20FN3O. The molecule has 21 heavy (non-hydrogen) atoms. The first kappa shape index (κ1) is 14.1. The summed E-state index contributed by atoms with van der Waals surface area (Å²) in [7, 11) is 0. The summed E-state index contributed by atoms with van der Waals surface area (Å²) in [4.78, 5) is 17.6. The largest absolute Gasteiger partial charge is 0.351 e. The number of H-pyrrole nitrogens is 1. The molecular weight excluding hydrogens is 269 g/mol. The summed E-state index contributed by atoms with van der Waals surface area (Å²) in [5, 5.41) is 3.69. The summed E-state index contributed by atoms with van der Waals surface area (Å²) < 4.78 is 13.2. The van der Waals surface area contributed by atoms with Gasteiger partial charge in [-0.15, -0.1) is 0 Å². The Balaban J connectivity index is 1.66. The molecule has 5 heteroatoms. The van der Waals surface area contributed by atoms with Gasteiger partial charge in [0.2, 0.25) is 0 Å². The molecule has 1 aliphatic heterocycles. The average Bonchev–Trinajstić information content (AvgIpc) is 3.10. The van der Waals surface area contributed by atoms with Crippen molar-refractivity contribution in [3.05, 3.63) is 35.8 Å². The molecule has 0 radical (unpaired) electrons. The van der Waals surface area contributed by atoms with Gasteiger partial charge in [-0.05, 0) is 50.2 Å². The van der Waals surface area contributed by atoms with E-state index in [0.717, 1.165) is 30.4 Å². The number of amides is 1. The quantitative estimate of drug-likeness (QED) is 0.908. The van der Waals surface area contributed by atoms with E-state index in [1.54, 1.807) is 12.1 Å². The Morgan fingerprint density at radius 3 is 3.14 bits per heavy atom. The van der Waals surface area contributed by atoms with Gasteiger partial charge in [0.25, 0.3) is 5.91 Å². The molecule has 112 valence electrons. The number of hydrogen-bond acceptors (Lipinski definition) is 2. The van der Waals surface area contributed by atoms with Gasteiger partial charge < -0.3 is 10.3 Å². The van der Waals surface area contributed by atoms with Crippen molar-refractivity contribution in [1.82, 2.24) is 15.2 Å². The van der Waals surface area contributed by atoms with Gasteiger partial charge in [-0.2, -0.15) is 0 Å². The second-order valence-electron chi connectivity index (χ2n) is 5.55. The van der Waals surface area contributed by atoms with Gasteiger partial charge in [0.15, 0.2) is 0 Å². The van der Waals surface area contributed by atoms with Crippen molar-refractivity contribution in [1.29, 1.82) is 0 Å². The third-order valence-electron chi connectivity index (χ3n) is 4.23. The lowest BCUT2D eigenvalue weighted by atomic mass is 10.2. The molecule has 1 atom stereocenters. The minimum Gasteiger partial charge on any atom is -0.351 e. The van der Waals surface area contributed by atoms with Crippen molar-refractivity contribution in [3.63, 3.8) is 0 Å².